The van der Waals surface area contributed by atoms with Crippen molar-refractivity contribution in [3.05, 3.63) is 57.6 Å². The second-order valence-corrected chi connectivity index (χ2v) is 6.13. The Labute approximate surface area is 149 Å². The Bertz CT molecular complexity index is 906. The number of hydrogen-bond acceptors (Lipinski definition) is 5. The Morgan fingerprint density at radius 2 is 1.96 bits per heavy atom. The summed E-state index contributed by atoms with van der Waals surface area (Å²) in [7, 11) is 3.76. The lowest BCUT2D eigenvalue weighted by Crippen LogP contribution is -2.18. The second-order valence-electron chi connectivity index (χ2n) is 5.69. The van der Waals surface area contributed by atoms with Crippen LogP contribution in [0.4, 0.5) is 11.6 Å². The van der Waals surface area contributed by atoms with E-state index in [0.717, 1.165) is 5.95 Å². The van der Waals surface area contributed by atoms with Crippen LogP contribution in [-0.4, -0.2) is 35.2 Å². The molecule has 0 radical (unpaired) electrons. The highest BCUT2D eigenvalue weighted by Crippen LogP contribution is 2.25. The molecule has 1 heterocycles. The molecule has 25 heavy (non-hydrogen) atoms. The Morgan fingerprint density at radius 3 is 2.60 bits per heavy atom. The first kappa shape index (κ1) is 17.0. The normalized spacial score (nSPS) is 10.8. The number of nitro benzene ring substituents is 1. The number of non-ortho nitro benzene ring substituents is 1. The zero-order chi connectivity index (χ0) is 18.0. The maximum absolute atomic E-state index is 11.1. The molecule has 0 aliphatic carbocycles. The minimum Gasteiger partial charge on any atom is -0.492 e. The van der Waals surface area contributed by atoms with Crippen LogP contribution in [0, 0.1) is 10.1 Å². The highest BCUT2D eigenvalue weighted by Gasteiger charge is 2.16. The van der Waals surface area contributed by atoms with Crippen molar-refractivity contribution in [3.8, 4) is 5.75 Å². The summed E-state index contributed by atoms with van der Waals surface area (Å²) in [6.07, 6.45) is 0. The van der Waals surface area contributed by atoms with Gasteiger partial charge in [0.2, 0.25) is 5.95 Å². The van der Waals surface area contributed by atoms with Crippen LogP contribution < -0.4 is 9.64 Å². The van der Waals surface area contributed by atoms with Gasteiger partial charge < -0.3 is 14.2 Å². The molecule has 0 aliphatic heterocycles. The van der Waals surface area contributed by atoms with E-state index in [1.54, 1.807) is 30.3 Å². The van der Waals surface area contributed by atoms with Crippen molar-refractivity contribution >= 4 is 34.3 Å². The van der Waals surface area contributed by atoms with Crippen molar-refractivity contribution < 1.29 is 9.66 Å². The summed E-state index contributed by atoms with van der Waals surface area (Å²) in [6.45, 7) is 0.907. The molecule has 0 N–H and O–H groups in total. The lowest BCUT2D eigenvalue weighted by Gasteiger charge is -2.15. The SMILES string of the molecule is CN(C)c1nc2ccc([N+](=O)[O-])cc2n1CCOc1ccc(Cl)cc1. The number of anilines is 1. The van der Waals surface area contributed by atoms with Gasteiger partial charge in [0, 0.05) is 31.3 Å². The molecule has 1 aromatic heterocycles. The maximum Gasteiger partial charge on any atom is 0.271 e. The van der Waals surface area contributed by atoms with Gasteiger partial charge in [0.15, 0.2) is 0 Å². The van der Waals surface area contributed by atoms with Crippen LogP contribution in [0.3, 0.4) is 0 Å². The average Bonchev–Trinajstić information content (AvgIpc) is 2.95. The summed E-state index contributed by atoms with van der Waals surface area (Å²) < 4.78 is 7.65. The quantitative estimate of drug-likeness (QED) is 0.494. The number of fused-ring (bicyclic) bond motifs is 1. The third kappa shape index (κ3) is 3.66. The minimum atomic E-state index is -0.406. The monoisotopic (exact) mass is 360 g/mol. The highest BCUT2D eigenvalue weighted by molar-refractivity contribution is 6.30. The van der Waals surface area contributed by atoms with E-state index < -0.39 is 4.92 Å². The number of aromatic nitrogens is 2. The number of imidazole rings is 1. The lowest BCUT2D eigenvalue weighted by molar-refractivity contribution is -0.384. The molecule has 3 aromatic rings. The molecule has 0 fully saturated rings. The largest absolute Gasteiger partial charge is 0.492 e. The molecule has 0 unspecified atom stereocenters. The van der Waals surface area contributed by atoms with Gasteiger partial charge in [-0.05, 0) is 30.3 Å². The molecule has 0 bridgehead atoms. The molecule has 0 saturated heterocycles. The fourth-order valence-electron chi connectivity index (χ4n) is 2.56. The van der Waals surface area contributed by atoms with Crippen LogP contribution >= 0.6 is 11.6 Å². The van der Waals surface area contributed by atoms with Crippen LogP contribution in [0.15, 0.2) is 42.5 Å². The molecule has 0 aliphatic rings. The smallest absolute Gasteiger partial charge is 0.271 e. The summed E-state index contributed by atoms with van der Waals surface area (Å²) in [5, 5.41) is 11.7. The van der Waals surface area contributed by atoms with E-state index in [2.05, 4.69) is 4.98 Å². The first-order valence-electron chi connectivity index (χ1n) is 7.66. The standard InChI is InChI=1S/C17H17ClN4O3/c1-20(2)17-19-15-8-5-13(22(23)24)11-16(15)21(17)9-10-25-14-6-3-12(18)4-7-14/h3-8,11H,9-10H2,1-2H3. The lowest BCUT2D eigenvalue weighted by atomic mass is 10.3. The van der Waals surface area contributed by atoms with Gasteiger partial charge in [-0.15, -0.1) is 0 Å². The zero-order valence-corrected chi connectivity index (χ0v) is 14.6. The summed E-state index contributed by atoms with van der Waals surface area (Å²) in [4.78, 5) is 17.1. The molecule has 3 rings (SSSR count). The number of rotatable bonds is 6. The molecule has 130 valence electrons. The van der Waals surface area contributed by atoms with E-state index in [1.807, 2.05) is 23.6 Å². The molecule has 7 nitrogen and oxygen atoms in total. The van der Waals surface area contributed by atoms with Crippen LogP contribution in [0.25, 0.3) is 11.0 Å². The van der Waals surface area contributed by atoms with Crippen molar-refractivity contribution in [2.45, 2.75) is 6.54 Å². The topological polar surface area (TPSA) is 73.4 Å². The van der Waals surface area contributed by atoms with Crippen molar-refractivity contribution in [2.24, 2.45) is 0 Å². The molecular formula is C17H17ClN4O3. The van der Waals surface area contributed by atoms with E-state index in [9.17, 15) is 10.1 Å². The maximum atomic E-state index is 11.1. The van der Waals surface area contributed by atoms with Gasteiger partial charge in [-0.25, -0.2) is 4.98 Å². The number of benzene rings is 2. The van der Waals surface area contributed by atoms with Gasteiger partial charge in [-0.2, -0.15) is 0 Å². The molecule has 0 atom stereocenters. The predicted molar refractivity (Wildman–Crippen MR) is 97.7 cm³/mol. The van der Waals surface area contributed by atoms with Gasteiger partial charge in [0.1, 0.15) is 12.4 Å². The summed E-state index contributed by atoms with van der Waals surface area (Å²) in [5.74, 6) is 1.43. The van der Waals surface area contributed by atoms with Crippen LogP contribution in [0.5, 0.6) is 5.75 Å². The first-order valence-corrected chi connectivity index (χ1v) is 8.04. The average molecular weight is 361 g/mol. The number of halogens is 1. The molecule has 8 heteroatoms. The Morgan fingerprint density at radius 1 is 1.24 bits per heavy atom. The third-order valence-corrected chi connectivity index (χ3v) is 3.97. The van der Waals surface area contributed by atoms with Gasteiger partial charge >= 0.3 is 0 Å². The van der Waals surface area contributed by atoms with Crippen LogP contribution in [0.1, 0.15) is 0 Å². The van der Waals surface area contributed by atoms with E-state index in [-0.39, 0.29) is 5.69 Å². The Kier molecular flexibility index (Phi) is 4.76. The first-order chi connectivity index (χ1) is 12.0. The fraction of sp³-hybridized carbons (Fsp3) is 0.235. The Hall–Kier alpha value is -2.80. The van der Waals surface area contributed by atoms with Crippen molar-refractivity contribution in [1.82, 2.24) is 9.55 Å². The minimum absolute atomic E-state index is 0.0394. The zero-order valence-electron chi connectivity index (χ0n) is 13.8. The number of hydrogen-bond donors (Lipinski definition) is 0. The summed E-state index contributed by atoms with van der Waals surface area (Å²) in [5.41, 5.74) is 1.45. The van der Waals surface area contributed by atoms with E-state index in [0.29, 0.717) is 35.0 Å². The number of nitrogens with zero attached hydrogens (tertiary/aromatic N) is 4. The van der Waals surface area contributed by atoms with Gasteiger partial charge in [-0.3, -0.25) is 10.1 Å². The van der Waals surface area contributed by atoms with Crippen LogP contribution in [0.2, 0.25) is 5.02 Å². The van der Waals surface area contributed by atoms with E-state index in [1.165, 1.54) is 12.1 Å². The number of nitro groups is 1. The third-order valence-electron chi connectivity index (χ3n) is 3.72. The van der Waals surface area contributed by atoms with Gasteiger partial charge in [0.05, 0.1) is 22.5 Å². The Balaban J connectivity index is 1.87. The fourth-order valence-corrected chi connectivity index (χ4v) is 2.69. The molecule has 0 spiro atoms. The van der Waals surface area contributed by atoms with Crippen molar-refractivity contribution in [3.63, 3.8) is 0 Å². The molecule has 2 aromatic carbocycles. The molecule has 0 saturated carbocycles. The van der Waals surface area contributed by atoms with Crippen molar-refractivity contribution in [1.29, 1.82) is 0 Å². The highest BCUT2D eigenvalue weighted by atomic mass is 35.5. The predicted octanol–water partition coefficient (Wildman–Crippen LogP) is 3.74. The summed E-state index contributed by atoms with van der Waals surface area (Å²) >= 11 is 5.86. The van der Waals surface area contributed by atoms with E-state index in [4.69, 9.17) is 16.3 Å². The summed E-state index contributed by atoms with van der Waals surface area (Å²) in [6, 6.07) is 11.8. The number of ether oxygens (including phenoxy) is 1. The van der Waals surface area contributed by atoms with Gasteiger partial charge in [0.25, 0.3) is 5.69 Å². The van der Waals surface area contributed by atoms with Crippen molar-refractivity contribution in [2.75, 3.05) is 25.6 Å². The van der Waals surface area contributed by atoms with Gasteiger partial charge in [-0.1, -0.05) is 11.6 Å². The second kappa shape index (κ2) is 6.98. The van der Waals surface area contributed by atoms with Crippen LogP contribution in [-0.2, 0) is 6.54 Å². The van der Waals surface area contributed by atoms with E-state index >= 15 is 0 Å². The molecule has 0 amide bonds. The molecular weight excluding hydrogens is 344 g/mol.